The number of carbonyl (C=O) groups excluding carboxylic acids is 1. The summed E-state index contributed by atoms with van der Waals surface area (Å²) >= 11 is 0. The molecule has 0 aliphatic carbocycles. The Morgan fingerprint density at radius 3 is 2.35 bits per heavy atom. The molecular weight excluding hydrogens is 359 g/mol. The largest absolute Gasteiger partial charge is 0.496 e. The molecule has 6 nitrogen and oxygen atoms in total. The lowest BCUT2D eigenvalue weighted by Crippen LogP contribution is -2.32. The van der Waals surface area contributed by atoms with Crippen LogP contribution in [0.1, 0.15) is 21.5 Å². The summed E-state index contributed by atoms with van der Waals surface area (Å²) in [5.41, 5.74) is 1.38. The summed E-state index contributed by atoms with van der Waals surface area (Å²) in [6, 6.07) is 11.0. The van der Waals surface area contributed by atoms with Crippen molar-refractivity contribution in [1.82, 2.24) is 8.61 Å². The first-order valence-electron chi connectivity index (χ1n) is 8.06. The van der Waals surface area contributed by atoms with Crippen molar-refractivity contribution >= 4 is 16.5 Å². The number of aldehydes is 1. The van der Waals surface area contributed by atoms with Gasteiger partial charge < -0.3 is 4.74 Å². The lowest BCUT2D eigenvalue weighted by molar-refractivity contribution is 0.112. The molecule has 0 unspecified atom stereocenters. The highest BCUT2D eigenvalue weighted by Crippen LogP contribution is 2.27. The van der Waals surface area contributed by atoms with E-state index in [1.807, 2.05) is 0 Å². The zero-order chi connectivity index (χ0) is 18.7. The van der Waals surface area contributed by atoms with E-state index in [-0.39, 0.29) is 26.2 Å². The number of ether oxygens (including phenoxy) is 1. The fourth-order valence-electron chi connectivity index (χ4n) is 2.94. The van der Waals surface area contributed by atoms with Crippen LogP contribution < -0.4 is 4.74 Å². The van der Waals surface area contributed by atoms with E-state index in [0.717, 1.165) is 0 Å². The molecule has 0 spiro atoms. The van der Waals surface area contributed by atoms with Crippen LogP contribution in [0.25, 0.3) is 0 Å². The van der Waals surface area contributed by atoms with Crippen LogP contribution >= 0.6 is 0 Å². The molecule has 138 valence electrons. The van der Waals surface area contributed by atoms with Gasteiger partial charge in [-0.15, -0.1) is 0 Å². The van der Waals surface area contributed by atoms with Crippen molar-refractivity contribution in [1.29, 1.82) is 0 Å². The lowest BCUT2D eigenvalue weighted by atomic mass is 10.1. The van der Waals surface area contributed by atoms with Gasteiger partial charge in [-0.25, -0.2) is 4.39 Å². The van der Waals surface area contributed by atoms with Crippen molar-refractivity contribution in [3.05, 3.63) is 65.0 Å². The number of carbonyl (C=O) groups is 1. The van der Waals surface area contributed by atoms with Crippen LogP contribution in [0.4, 0.5) is 4.39 Å². The Bertz CT molecular complexity index is 917. The molecule has 1 saturated heterocycles. The van der Waals surface area contributed by atoms with Crippen LogP contribution in [0.2, 0.25) is 0 Å². The van der Waals surface area contributed by atoms with Crippen molar-refractivity contribution in [2.75, 3.05) is 20.2 Å². The number of hydrogen-bond acceptors (Lipinski definition) is 4. The lowest BCUT2D eigenvalue weighted by Gasteiger charge is -2.20. The van der Waals surface area contributed by atoms with Crippen LogP contribution in [-0.4, -0.2) is 43.5 Å². The standard InChI is InChI=1S/C18H19FN2O4S/c1-25-18-7-6-14(13-22)10-16(18)12-21-9-8-20(26(21,23)24)11-15-4-2-3-5-17(15)19/h2-7,10,13H,8-9,11-12H2,1H3. The highest BCUT2D eigenvalue weighted by molar-refractivity contribution is 7.86. The van der Waals surface area contributed by atoms with E-state index in [1.165, 1.54) is 21.8 Å². The normalized spacial score (nSPS) is 17.3. The van der Waals surface area contributed by atoms with E-state index >= 15 is 0 Å². The first kappa shape index (κ1) is 18.5. The monoisotopic (exact) mass is 378 g/mol. The second-order valence-electron chi connectivity index (χ2n) is 5.96. The first-order valence-corrected chi connectivity index (χ1v) is 9.46. The molecule has 2 aromatic carbocycles. The quantitative estimate of drug-likeness (QED) is 0.723. The van der Waals surface area contributed by atoms with Gasteiger partial charge >= 0.3 is 0 Å². The fourth-order valence-corrected chi connectivity index (χ4v) is 4.50. The summed E-state index contributed by atoms with van der Waals surface area (Å²) < 4.78 is 47.2. The van der Waals surface area contributed by atoms with Gasteiger partial charge in [0.15, 0.2) is 0 Å². The summed E-state index contributed by atoms with van der Waals surface area (Å²) in [7, 11) is -2.24. The third-order valence-corrected chi connectivity index (χ3v) is 6.27. The van der Waals surface area contributed by atoms with Crippen LogP contribution in [0, 0.1) is 5.82 Å². The van der Waals surface area contributed by atoms with Crippen molar-refractivity contribution in [2.45, 2.75) is 13.1 Å². The molecule has 0 aromatic heterocycles. The molecule has 8 heteroatoms. The van der Waals surface area contributed by atoms with Crippen molar-refractivity contribution in [3.8, 4) is 5.75 Å². The van der Waals surface area contributed by atoms with E-state index in [2.05, 4.69) is 0 Å². The van der Waals surface area contributed by atoms with Crippen LogP contribution in [0.3, 0.4) is 0 Å². The highest BCUT2D eigenvalue weighted by atomic mass is 32.2. The molecule has 0 radical (unpaired) electrons. The zero-order valence-electron chi connectivity index (χ0n) is 14.3. The maximum Gasteiger partial charge on any atom is 0.282 e. The molecular formula is C18H19FN2O4S. The van der Waals surface area contributed by atoms with Crippen molar-refractivity contribution in [2.24, 2.45) is 0 Å². The minimum Gasteiger partial charge on any atom is -0.496 e. The van der Waals surface area contributed by atoms with Crippen LogP contribution in [0.5, 0.6) is 5.75 Å². The smallest absolute Gasteiger partial charge is 0.282 e. The Balaban J connectivity index is 1.81. The van der Waals surface area contributed by atoms with Gasteiger partial charge in [0.05, 0.1) is 7.11 Å². The summed E-state index contributed by atoms with van der Waals surface area (Å²) in [5.74, 6) is 0.0832. The van der Waals surface area contributed by atoms with Crippen molar-refractivity contribution in [3.63, 3.8) is 0 Å². The van der Waals surface area contributed by atoms with Gasteiger partial charge in [-0.1, -0.05) is 18.2 Å². The summed E-state index contributed by atoms with van der Waals surface area (Å²) in [6.45, 7) is 0.621. The number of rotatable bonds is 6. The molecule has 0 saturated carbocycles. The molecule has 26 heavy (non-hydrogen) atoms. The van der Waals surface area contributed by atoms with E-state index < -0.39 is 16.0 Å². The van der Waals surface area contributed by atoms with Gasteiger partial charge in [-0.2, -0.15) is 17.0 Å². The third kappa shape index (κ3) is 3.62. The van der Waals surface area contributed by atoms with Gasteiger partial charge in [0.25, 0.3) is 10.2 Å². The average Bonchev–Trinajstić information content (AvgIpc) is 2.91. The predicted octanol–water partition coefficient (Wildman–Crippen LogP) is 2.21. The topological polar surface area (TPSA) is 66.9 Å². The fraction of sp³-hybridized carbons (Fsp3) is 0.278. The Labute approximate surface area is 152 Å². The molecule has 2 aromatic rings. The molecule has 0 bridgehead atoms. The number of methoxy groups -OCH3 is 1. The Hall–Kier alpha value is -2.29. The molecule has 0 N–H and O–H groups in total. The van der Waals surface area contributed by atoms with Gasteiger partial charge in [0, 0.05) is 42.9 Å². The van der Waals surface area contributed by atoms with Gasteiger partial charge in [-0.3, -0.25) is 4.79 Å². The number of benzene rings is 2. The summed E-state index contributed by atoms with van der Waals surface area (Å²) in [6.07, 6.45) is 0.700. The Morgan fingerprint density at radius 1 is 1.08 bits per heavy atom. The highest BCUT2D eigenvalue weighted by Gasteiger charge is 2.37. The third-order valence-electron chi connectivity index (χ3n) is 4.34. The molecule has 0 atom stereocenters. The molecule has 0 amide bonds. The van der Waals surface area contributed by atoms with E-state index in [9.17, 15) is 17.6 Å². The SMILES string of the molecule is COc1ccc(C=O)cc1CN1CCN(Cc2ccccc2F)S1(=O)=O. The Kier molecular flexibility index (Phi) is 5.36. The van der Waals surface area contributed by atoms with Gasteiger partial charge in [0.2, 0.25) is 0 Å². The summed E-state index contributed by atoms with van der Waals surface area (Å²) in [4.78, 5) is 11.0. The van der Waals surface area contributed by atoms with E-state index in [0.29, 0.717) is 28.7 Å². The van der Waals surface area contributed by atoms with E-state index in [4.69, 9.17) is 4.74 Å². The van der Waals surface area contributed by atoms with Gasteiger partial charge in [-0.05, 0) is 24.3 Å². The minimum atomic E-state index is -3.73. The molecule has 1 aliphatic heterocycles. The number of nitrogens with zero attached hydrogens (tertiary/aromatic N) is 2. The number of hydrogen-bond donors (Lipinski definition) is 0. The van der Waals surface area contributed by atoms with Crippen LogP contribution in [0.15, 0.2) is 42.5 Å². The molecule has 3 rings (SSSR count). The van der Waals surface area contributed by atoms with Crippen molar-refractivity contribution < 1.29 is 22.3 Å². The second kappa shape index (κ2) is 7.53. The van der Waals surface area contributed by atoms with Crippen LogP contribution in [-0.2, 0) is 23.3 Å². The maximum atomic E-state index is 13.8. The van der Waals surface area contributed by atoms with E-state index in [1.54, 1.807) is 36.4 Å². The second-order valence-corrected chi connectivity index (χ2v) is 7.88. The molecule has 1 heterocycles. The average molecular weight is 378 g/mol. The first-order chi connectivity index (χ1) is 12.5. The zero-order valence-corrected chi connectivity index (χ0v) is 15.1. The number of halogens is 1. The molecule has 1 fully saturated rings. The summed E-state index contributed by atoms with van der Waals surface area (Å²) in [5, 5.41) is 0. The van der Waals surface area contributed by atoms with Gasteiger partial charge in [0.1, 0.15) is 17.9 Å². The molecule has 1 aliphatic rings. The predicted molar refractivity (Wildman–Crippen MR) is 94.5 cm³/mol. The minimum absolute atomic E-state index is 0.0168. The Morgan fingerprint density at radius 2 is 1.73 bits per heavy atom. The maximum absolute atomic E-state index is 13.8.